The fourth-order valence-electron chi connectivity index (χ4n) is 4.40. The molecule has 0 aliphatic carbocycles. The molecule has 2 aromatic carbocycles. The number of anilines is 2. The second-order valence-corrected chi connectivity index (χ2v) is 8.75. The lowest BCUT2D eigenvalue weighted by Crippen LogP contribution is -2.24. The van der Waals surface area contributed by atoms with Crippen LogP contribution in [-0.4, -0.2) is 19.0 Å². The lowest BCUT2D eigenvalue weighted by atomic mass is 9.90. The molecule has 3 rings (SSSR count). The predicted octanol–water partition coefficient (Wildman–Crippen LogP) is 6.84. The van der Waals surface area contributed by atoms with Crippen LogP contribution in [0.25, 0.3) is 11.1 Å². The Labute approximate surface area is 208 Å². The summed E-state index contributed by atoms with van der Waals surface area (Å²) in [5.41, 5.74) is 7.19. The molecule has 1 aliphatic rings. The van der Waals surface area contributed by atoms with E-state index in [1.807, 2.05) is 20.8 Å². The van der Waals surface area contributed by atoms with E-state index in [9.17, 15) is 9.18 Å². The molecular formula is C31H31FN2O. The lowest BCUT2D eigenvalue weighted by molar-refractivity contribution is -0.110. The minimum atomic E-state index is -0.404. The van der Waals surface area contributed by atoms with Gasteiger partial charge in [0.2, 0.25) is 0 Å². The summed E-state index contributed by atoms with van der Waals surface area (Å²) >= 11 is 0. The van der Waals surface area contributed by atoms with Crippen LogP contribution in [0.2, 0.25) is 0 Å². The molecule has 0 bridgehead atoms. The Morgan fingerprint density at radius 2 is 1.80 bits per heavy atom. The molecule has 0 saturated heterocycles. The van der Waals surface area contributed by atoms with Crippen molar-refractivity contribution in [2.45, 2.75) is 40.5 Å². The number of nitrogens with zero attached hydrogens (tertiary/aromatic N) is 1. The molecule has 0 fully saturated rings. The number of amides is 1. The summed E-state index contributed by atoms with van der Waals surface area (Å²) < 4.78 is 13.9. The summed E-state index contributed by atoms with van der Waals surface area (Å²) in [7, 11) is 0. The molecule has 0 radical (unpaired) electrons. The zero-order chi connectivity index (χ0) is 25.5. The van der Waals surface area contributed by atoms with Gasteiger partial charge in [-0.15, -0.1) is 18.8 Å². The molecule has 1 amide bonds. The van der Waals surface area contributed by atoms with Gasteiger partial charge in [0.15, 0.2) is 0 Å². The fourth-order valence-corrected chi connectivity index (χ4v) is 4.40. The zero-order valence-corrected chi connectivity index (χ0v) is 20.8. The van der Waals surface area contributed by atoms with Crippen LogP contribution in [-0.2, 0) is 4.79 Å². The normalized spacial score (nSPS) is 13.9. The number of carbonyl (C=O) groups excluding carboxylic acids is 1. The summed E-state index contributed by atoms with van der Waals surface area (Å²) in [4.78, 5) is 14.9. The first-order valence-corrected chi connectivity index (χ1v) is 11.8. The minimum Gasteiger partial charge on any atom is -0.371 e. The number of fused-ring (bicyclic) bond motifs is 1. The van der Waals surface area contributed by atoms with Crippen LogP contribution in [0.1, 0.15) is 51.7 Å². The van der Waals surface area contributed by atoms with Gasteiger partial charge in [0, 0.05) is 42.0 Å². The molecule has 0 aromatic heterocycles. The van der Waals surface area contributed by atoms with Crippen molar-refractivity contribution in [3.8, 4) is 24.7 Å². The number of rotatable bonds is 8. The zero-order valence-electron chi connectivity index (χ0n) is 20.8. The van der Waals surface area contributed by atoms with E-state index in [0.717, 1.165) is 47.5 Å². The quantitative estimate of drug-likeness (QED) is 0.262. The highest BCUT2D eigenvalue weighted by molar-refractivity contribution is 6.32. The average Bonchev–Trinajstić information content (AvgIpc) is 3.14. The maximum absolute atomic E-state index is 13.9. The van der Waals surface area contributed by atoms with E-state index < -0.39 is 5.82 Å². The summed E-state index contributed by atoms with van der Waals surface area (Å²) in [6, 6.07) is 12.6. The van der Waals surface area contributed by atoms with Crippen molar-refractivity contribution in [1.29, 1.82) is 0 Å². The van der Waals surface area contributed by atoms with Gasteiger partial charge in [-0.1, -0.05) is 30.6 Å². The first-order valence-electron chi connectivity index (χ1n) is 11.8. The van der Waals surface area contributed by atoms with Gasteiger partial charge in [-0.05, 0) is 80.3 Å². The van der Waals surface area contributed by atoms with E-state index in [-0.39, 0.29) is 5.91 Å². The number of nitrogens with one attached hydrogen (secondary N) is 1. The topological polar surface area (TPSA) is 32.3 Å². The number of hydrogen-bond acceptors (Lipinski definition) is 2. The SMILES string of the molecule is C#CCCN(CCC)c1ccc(C(=C(C)C)/C(C)=C(C#C)/C=C2/C(=O)Nc3ccc(F)cc32)cc1. The number of hydrogen-bond donors (Lipinski definition) is 1. The molecular weight excluding hydrogens is 435 g/mol. The van der Waals surface area contributed by atoms with Crippen LogP contribution in [0.4, 0.5) is 15.8 Å². The molecule has 0 spiro atoms. The van der Waals surface area contributed by atoms with Crippen LogP contribution < -0.4 is 10.2 Å². The van der Waals surface area contributed by atoms with Crippen LogP contribution in [0, 0.1) is 30.5 Å². The third-order valence-electron chi connectivity index (χ3n) is 6.03. The van der Waals surface area contributed by atoms with E-state index in [1.54, 1.807) is 12.1 Å². The Hall–Kier alpha value is -4.02. The number of halogens is 1. The van der Waals surface area contributed by atoms with Gasteiger partial charge in [0.25, 0.3) is 5.91 Å². The maximum atomic E-state index is 13.9. The third-order valence-corrected chi connectivity index (χ3v) is 6.03. The average molecular weight is 467 g/mol. The molecule has 3 nitrogen and oxygen atoms in total. The molecule has 35 heavy (non-hydrogen) atoms. The van der Waals surface area contributed by atoms with Gasteiger partial charge in [0.1, 0.15) is 5.82 Å². The number of carbonyl (C=O) groups is 1. The highest BCUT2D eigenvalue weighted by Crippen LogP contribution is 2.35. The second kappa shape index (κ2) is 11.4. The monoisotopic (exact) mass is 466 g/mol. The lowest BCUT2D eigenvalue weighted by Gasteiger charge is -2.24. The Bertz CT molecular complexity index is 1290. The van der Waals surface area contributed by atoms with Crippen molar-refractivity contribution in [2.24, 2.45) is 0 Å². The Kier molecular flexibility index (Phi) is 8.34. The van der Waals surface area contributed by atoms with Crippen molar-refractivity contribution in [3.63, 3.8) is 0 Å². The summed E-state index contributed by atoms with van der Waals surface area (Å²) in [6.07, 6.45) is 14.8. The predicted molar refractivity (Wildman–Crippen MR) is 145 cm³/mol. The van der Waals surface area contributed by atoms with E-state index in [2.05, 4.69) is 53.2 Å². The standard InChI is InChI=1S/C31H31FN2O/c1-7-10-18-34(17-8-2)26-14-11-24(12-15-26)30(21(4)5)22(6)23(9-3)19-28-27-20-25(32)13-16-29(27)33-31(28)35/h1,3,11-16,19-20H,8,10,17-18H2,2,4-6H3,(H,33,35)/b23-22+,28-19+. The molecule has 0 saturated carbocycles. The number of terminal acetylenes is 2. The molecule has 0 atom stereocenters. The van der Waals surface area contributed by atoms with Crippen molar-refractivity contribution >= 4 is 28.4 Å². The van der Waals surface area contributed by atoms with Crippen molar-refractivity contribution in [2.75, 3.05) is 23.3 Å². The second-order valence-electron chi connectivity index (χ2n) is 8.75. The minimum absolute atomic E-state index is 0.294. The van der Waals surface area contributed by atoms with E-state index >= 15 is 0 Å². The number of benzene rings is 2. The maximum Gasteiger partial charge on any atom is 0.256 e. The van der Waals surface area contributed by atoms with Crippen LogP contribution in [0.3, 0.4) is 0 Å². The molecule has 2 aromatic rings. The van der Waals surface area contributed by atoms with E-state index in [4.69, 9.17) is 12.8 Å². The van der Waals surface area contributed by atoms with Gasteiger partial charge in [-0.3, -0.25) is 4.79 Å². The smallest absolute Gasteiger partial charge is 0.256 e. The first kappa shape index (κ1) is 25.6. The van der Waals surface area contributed by atoms with Gasteiger partial charge in [-0.2, -0.15) is 0 Å². The number of allylic oxidation sites excluding steroid dienone is 5. The van der Waals surface area contributed by atoms with Crippen LogP contribution in [0.5, 0.6) is 0 Å². The van der Waals surface area contributed by atoms with Gasteiger partial charge >= 0.3 is 0 Å². The molecule has 1 N–H and O–H groups in total. The van der Waals surface area contributed by atoms with Crippen LogP contribution >= 0.6 is 0 Å². The van der Waals surface area contributed by atoms with Gasteiger partial charge < -0.3 is 10.2 Å². The molecule has 1 heterocycles. The largest absolute Gasteiger partial charge is 0.371 e. The van der Waals surface area contributed by atoms with Gasteiger partial charge in [0.05, 0.1) is 5.57 Å². The van der Waals surface area contributed by atoms with E-state index in [0.29, 0.717) is 28.8 Å². The third kappa shape index (κ3) is 5.73. The van der Waals surface area contributed by atoms with Gasteiger partial charge in [-0.25, -0.2) is 4.39 Å². The molecule has 0 unspecified atom stereocenters. The highest BCUT2D eigenvalue weighted by atomic mass is 19.1. The van der Waals surface area contributed by atoms with Crippen LogP contribution in [0.15, 0.2) is 65.3 Å². The van der Waals surface area contributed by atoms with Crippen molar-refractivity contribution < 1.29 is 9.18 Å². The van der Waals surface area contributed by atoms with Crippen molar-refractivity contribution in [1.82, 2.24) is 0 Å². The Balaban J connectivity index is 2.02. The summed E-state index contributed by atoms with van der Waals surface area (Å²) in [5.74, 6) is 4.76. The summed E-state index contributed by atoms with van der Waals surface area (Å²) in [6.45, 7) is 9.94. The first-order chi connectivity index (χ1) is 16.8. The molecule has 178 valence electrons. The highest BCUT2D eigenvalue weighted by Gasteiger charge is 2.25. The molecule has 1 aliphatic heterocycles. The Morgan fingerprint density at radius 1 is 1.09 bits per heavy atom. The Morgan fingerprint density at radius 3 is 2.40 bits per heavy atom. The van der Waals surface area contributed by atoms with E-state index in [1.165, 1.54) is 12.1 Å². The summed E-state index contributed by atoms with van der Waals surface area (Å²) in [5, 5.41) is 2.77. The molecule has 4 heteroatoms. The van der Waals surface area contributed by atoms with Crippen molar-refractivity contribution in [3.05, 3.63) is 82.2 Å². The fraction of sp³-hybridized carbons (Fsp3) is 0.258.